The molecule has 0 fully saturated rings. The Kier molecular flexibility index (Phi) is 4.93. The molecule has 170 valence electrons. The fourth-order valence-electron chi connectivity index (χ4n) is 4.30. The Morgan fingerprint density at radius 1 is 1.09 bits per heavy atom. The van der Waals surface area contributed by atoms with Crippen LogP contribution in [0, 0.1) is 9.39 Å². The zero-order valence-electron chi connectivity index (χ0n) is 17.7. The van der Waals surface area contributed by atoms with Crippen LogP contribution in [-0.4, -0.2) is 45.8 Å². The summed E-state index contributed by atoms with van der Waals surface area (Å²) in [4.78, 5) is 6.95. The third kappa shape index (κ3) is 3.25. The molecule has 0 atom stereocenters. The van der Waals surface area contributed by atoms with E-state index in [1.165, 1.54) is 12.1 Å². The van der Waals surface area contributed by atoms with Crippen LogP contribution >= 0.6 is 0 Å². The number of aromatic nitrogens is 2. The Morgan fingerprint density at radius 3 is 2.79 bits per heavy atom. The molecular formula is C24H20FIN3O4-. The fourth-order valence-corrected chi connectivity index (χ4v) is 7.03. The topological polar surface area (TPSA) is 68.5 Å². The number of pyridine rings is 1. The van der Waals surface area contributed by atoms with Crippen molar-refractivity contribution in [2.45, 2.75) is 0 Å². The molecule has 33 heavy (non-hydrogen) atoms. The number of benzene rings is 2. The van der Waals surface area contributed by atoms with Gasteiger partial charge in [-0.2, -0.15) is 0 Å². The number of hydrogen-bond donors (Lipinski definition) is 1. The summed E-state index contributed by atoms with van der Waals surface area (Å²) in [5.74, 6) is 2.40. The van der Waals surface area contributed by atoms with Crippen LogP contribution in [0.2, 0.25) is 0 Å². The van der Waals surface area contributed by atoms with E-state index in [2.05, 4.69) is 4.90 Å². The van der Waals surface area contributed by atoms with Crippen molar-refractivity contribution in [3.05, 3.63) is 57.9 Å². The number of anilines is 2. The number of methoxy groups -OCH3 is 1. The number of imidazole rings is 1. The van der Waals surface area contributed by atoms with Gasteiger partial charge in [-0.25, -0.2) is 0 Å². The Morgan fingerprint density at radius 2 is 1.94 bits per heavy atom. The van der Waals surface area contributed by atoms with Gasteiger partial charge in [-0.05, 0) is 0 Å². The summed E-state index contributed by atoms with van der Waals surface area (Å²) >= 11 is -0.654. The summed E-state index contributed by atoms with van der Waals surface area (Å²) < 4.78 is 35.8. The summed E-state index contributed by atoms with van der Waals surface area (Å²) in [5.41, 5.74) is 2.37. The first-order chi connectivity index (χ1) is 16.2. The van der Waals surface area contributed by atoms with Crippen LogP contribution in [0.3, 0.4) is 0 Å². The maximum atomic E-state index is 15.3. The zero-order valence-corrected chi connectivity index (χ0v) is 19.9. The molecule has 2 aliphatic rings. The molecule has 9 heteroatoms. The standard InChI is InChI=1S/C24H20FIN3O4/c1-31-20-4-2-3-19-27-23-21-15(25)6-7-16(30)22(21)26-9-10-28(24(23)29(19)20)14-5-8-17-18(13-14)33-12-11-32-17/h2-8,13,30H,9-12H2,1H3/q-1. The number of phenolic OH excluding ortho intramolecular Hbond substituents is 1. The molecule has 0 spiro atoms. The SMILES string of the molecule is COc1cccc2nc3c(n12)N(c1ccc2c(c1)OCCO2)CC[I-]c1c(O)ccc(F)c1-3. The van der Waals surface area contributed by atoms with Gasteiger partial charge in [-0.3, -0.25) is 0 Å². The van der Waals surface area contributed by atoms with Crippen molar-refractivity contribution in [3.63, 3.8) is 0 Å². The van der Waals surface area contributed by atoms with E-state index in [4.69, 9.17) is 19.2 Å². The average Bonchev–Trinajstić information content (AvgIpc) is 3.20. The quantitative estimate of drug-likeness (QED) is 0.292. The molecule has 2 aromatic carbocycles. The number of aromatic hydroxyl groups is 1. The number of rotatable bonds is 2. The molecule has 4 aromatic rings. The van der Waals surface area contributed by atoms with E-state index in [-0.39, 0.29) is 5.75 Å². The molecule has 0 unspecified atom stereocenters. The minimum absolute atomic E-state index is 0.127. The number of nitrogens with zero attached hydrogens (tertiary/aromatic N) is 3. The van der Waals surface area contributed by atoms with Gasteiger partial charge in [0.15, 0.2) is 0 Å². The van der Waals surface area contributed by atoms with E-state index in [0.717, 1.165) is 10.1 Å². The zero-order chi connectivity index (χ0) is 22.5. The summed E-state index contributed by atoms with van der Waals surface area (Å²) in [5, 5.41) is 10.6. The number of phenols is 1. The molecule has 0 amide bonds. The van der Waals surface area contributed by atoms with Crippen molar-refractivity contribution in [3.8, 4) is 34.4 Å². The van der Waals surface area contributed by atoms with Crippen LogP contribution < -0.4 is 40.3 Å². The van der Waals surface area contributed by atoms with Crippen LogP contribution in [-0.2, 0) is 0 Å². The predicted octanol–water partition coefficient (Wildman–Crippen LogP) is 1.04. The van der Waals surface area contributed by atoms with Crippen molar-refractivity contribution in [1.29, 1.82) is 0 Å². The van der Waals surface area contributed by atoms with Crippen LogP contribution in [0.4, 0.5) is 15.9 Å². The van der Waals surface area contributed by atoms with Crippen LogP contribution in [0.25, 0.3) is 16.9 Å². The molecule has 2 aromatic heterocycles. The van der Waals surface area contributed by atoms with Crippen molar-refractivity contribution in [2.75, 3.05) is 36.2 Å². The minimum atomic E-state index is -0.654. The van der Waals surface area contributed by atoms with Gasteiger partial charge in [0.1, 0.15) is 0 Å². The molecule has 0 saturated heterocycles. The Balaban J connectivity index is 1.66. The van der Waals surface area contributed by atoms with E-state index in [9.17, 15) is 5.11 Å². The van der Waals surface area contributed by atoms with E-state index in [0.29, 0.717) is 63.4 Å². The van der Waals surface area contributed by atoms with E-state index < -0.39 is 27.0 Å². The van der Waals surface area contributed by atoms with Crippen molar-refractivity contribution in [2.24, 2.45) is 0 Å². The second-order valence-electron chi connectivity index (χ2n) is 7.60. The first-order valence-electron chi connectivity index (χ1n) is 10.5. The van der Waals surface area contributed by atoms with Crippen molar-refractivity contribution < 1.29 is 44.9 Å². The summed E-state index contributed by atoms with van der Waals surface area (Å²) in [6, 6.07) is 14.1. The molecule has 0 radical (unpaired) electrons. The van der Waals surface area contributed by atoms with E-state index in [1.54, 1.807) is 7.11 Å². The van der Waals surface area contributed by atoms with Gasteiger partial charge < -0.3 is 0 Å². The molecule has 7 nitrogen and oxygen atoms in total. The van der Waals surface area contributed by atoms with Gasteiger partial charge in [0.2, 0.25) is 0 Å². The number of alkyl halides is 1. The van der Waals surface area contributed by atoms with Crippen molar-refractivity contribution >= 4 is 17.2 Å². The predicted molar refractivity (Wildman–Crippen MR) is 117 cm³/mol. The molecule has 4 heterocycles. The van der Waals surface area contributed by atoms with E-state index in [1.807, 2.05) is 40.8 Å². The summed E-state index contributed by atoms with van der Waals surface area (Å²) in [6.45, 7) is 1.68. The van der Waals surface area contributed by atoms with Crippen LogP contribution in [0.15, 0.2) is 48.5 Å². The van der Waals surface area contributed by atoms with Gasteiger partial charge >= 0.3 is 200 Å². The normalized spacial score (nSPS) is 15.2. The number of fused-ring (bicyclic) bond motifs is 6. The molecule has 0 saturated carbocycles. The Hall–Kier alpha value is -3.21. The second-order valence-corrected chi connectivity index (χ2v) is 10.5. The van der Waals surface area contributed by atoms with E-state index >= 15 is 4.39 Å². The molecule has 1 N–H and O–H groups in total. The Bertz CT molecular complexity index is 1390. The summed E-state index contributed by atoms with van der Waals surface area (Å²) in [6.07, 6.45) is 0. The summed E-state index contributed by atoms with van der Waals surface area (Å²) in [7, 11) is 1.60. The molecule has 6 rings (SSSR count). The second kappa shape index (κ2) is 7.98. The van der Waals surface area contributed by atoms with Gasteiger partial charge in [0, 0.05) is 0 Å². The first-order valence-corrected chi connectivity index (χ1v) is 13.1. The third-order valence-corrected chi connectivity index (χ3v) is 8.61. The monoisotopic (exact) mass is 560 g/mol. The van der Waals surface area contributed by atoms with Gasteiger partial charge in [-0.15, -0.1) is 0 Å². The number of hydrogen-bond acceptors (Lipinski definition) is 6. The average molecular weight is 560 g/mol. The van der Waals surface area contributed by atoms with Gasteiger partial charge in [0.25, 0.3) is 0 Å². The number of halogens is 2. The van der Waals surface area contributed by atoms with Crippen LogP contribution in [0.5, 0.6) is 23.1 Å². The third-order valence-electron chi connectivity index (χ3n) is 5.73. The van der Waals surface area contributed by atoms with Crippen molar-refractivity contribution in [1.82, 2.24) is 9.38 Å². The van der Waals surface area contributed by atoms with Crippen LogP contribution in [0.1, 0.15) is 0 Å². The first kappa shape index (κ1) is 20.4. The fraction of sp³-hybridized carbons (Fsp3) is 0.208. The molecule has 2 aliphatic heterocycles. The molecule has 0 bridgehead atoms. The molecule has 0 aliphatic carbocycles. The maximum absolute atomic E-state index is 15.3. The number of ether oxygens (including phenoxy) is 3. The molecular weight excluding hydrogens is 540 g/mol. The van der Waals surface area contributed by atoms with Gasteiger partial charge in [0.05, 0.1) is 0 Å². The van der Waals surface area contributed by atoms with Gasteiger partial charge in [-0.1, -0.05) is 0 Å². The Labute approximate surface area is 199 Å².